The Balaban J connectivity index is 2.41. The third-order valence-electron chi connectivity index (χ3n) is 3.80. The number of hydrogen-bond donors (Lipinski definition) is 2. The number of halogens is 1. The van der Waals surface area contributed by atoms with E-state index in [2.05, 4.69) is 41.0 Å². The summed E-state index contributed by atoms with van der Waals surface area (Å²) < 4.78 is 0. The van der Waals surface area contributed by atoms with Crippen LogP contribution in [0.15, 0.2) is 12.3 Å². The number of nitrogens with one attached hydrogen (secondary N) is 1. The molecule has 0 spiro atoms. The fraction of sp³-hybridized carbons (Fsp3) is 0.533. The van der Waals surface area contributed by atoms with E-state index in [4.69, 9.17) is 17.3 Å². The lowest BCUT2D eigenvalue weighted by molar-refractivity contribution is 0.438. The van der Waals surface area contributed by atoms with Crippen LogP contribution in [0.5, 0.6) is 0 Å². The zero-order chi connectivity index (χ0) is 15.5. The molecular formula is C15H22ClN5. The molecule has 5 nitrogen and oxygen atoms in total. The molecule has 2 heterocycles. The number of rotatable bonds is 6. The van der Waals surface area contributed by atoms with Crippen LogP contribution in [-0.4, -0.2) is 20.5 Å². The average molecular weight is 308 g/mol. The molecule has 1 atom stereocenters. The summed E-state index contributed by atoms with van der Waals surface area (Å²) in [4.78, 5) is 12.9. The van der Waals surface area contributed by atoms with Gasteiger partial charge in [0.05, 0.1) is 10.5 Å². The molecule has 6 heteroatoms. The number of nitrogen functional groups attached to an aromatic ring is 1. The molecule has 2 rings (SSSR count). The molecule has 1 unspecified atom stereocenters. The lowest BCUT2D eigenvalue weighted by atomic mass is 9.92. The summed E-state index contributed by atoms with van der Waals surface area (Å²) in [6, 6.07) is 1.75. The second-order valence-electron chi connectivity index (χ2n) is 5.59. The second kappa shape index (κ2) is 6.43. The predicted molar refractivity (Wildman–Crippen MR) is 88.6 cm³/mol. The molecule has 0 radical (unpaired) electrons. The minimum absolute atomic E-state index is 0.0367. The molecule has 0 saturated carbocycles. The molecule has 0 amide bonds. The van der Waals surface area contributed by atoms with Gasteiger partial charge >= 0.3 is 0 Å². The first-order valence-electron chi connectivity index (χ1n) is 7.34. The molecule has 0 aliphatic rings. The Hall–Kier alpha value is -1.62. The average Bonchev–Trinajstić information content (AvgIpc) is 2.44. The van der Waals surface area contributed by atoms with E-state index in [0.29, 0.717) is 21.9 Å². The van der Waals surface area contributed by atoms with E-state index < -0.39 is 0 Å². The number of hydrogen-bond acceptors (Lipinski definition) is 5. The molecule has 0 bridgehead atoms. The van der Waals surface area contributed by atoms with Gasteiger partial charge in [0.15, 0.2) is 5.82 Å². The first-order valence-corrected chi connectivity index (χ1v) is 7.72. The van der Waals surface area contributed by atoms with E-state index in [1.54, 1.807) is 12.3 Å². The Morgan fingerprint density at radius 3 is 2.76 bits per heavy atom. The number of pyridine rings is 1. The summed E-state index contributed by atoms with van der Waals surface area (Å²) in [5.41, 5.74) is 7.12. The SMILES string of the molecule is CCCCC(C)(CC)Nc1nc(N)nc2cc(Cl)cnc12. The van der Waals surface area contributed by atoms with Crippen molar-refractivity contribution in [3.8, 4) is 0 Å². The van der Waals surface area contributed by atoms with Gasteiger partial charge < -0.3 is 11.1 Å². The Labute approximate surface area is 130 Å². The van der Waals surface area contributed by atoms with E-state index in [0.717, 1.165) is 25.7 Å². The van der Waals surface area contributed by atoms with Crippen molar-refractivity contribution >= 4 is 34.4 Å². The normalized spacial score (nSPS) is 14.1. The van der Waals surface area contributed by atoms with Crippen LogP contribution in [0, 0.1) is 0 Å². The number of aromatic nitrogens is 3. The second-order valence-corrected chi connectivity index (χ2v) is 6.03. The Morgan fingerprint density at radius 2 is 2.10 bits per heavy atom. The number of nitrogens with zero attached hydrogens (tertiary/aromatic N) is 3. The van der Waals surface area contributed by atoms with Crippen LogP contribution >= 0.6 is 11.6 Å². The smallest absolute Gasteiger partial charge is 0.222 e. The first kappa shape index (κ1) is 15.8. The van der Waals surface area contributed by atoms with Gasteiger partial charge in [0.1, 0.15) is 5.52 Å². The molecule has 2 aromatic rings. The Morgan fingerprint density at radius 1 is 1.33 bits per heavy atom. The molecule has 114 valence electrons. The standard InChI is InChI=1S/C15H22ClN5/c1-4-6-7-15(3,5-2)21-13-12-11(19-14(17)20-13)8-10(16)9-18-12/h8-9H,4-7H2,1-3H3,(H3,17,19,20,21). The number of nitrogens with two attached hydrogens (primary N) is 1. The zero-order valence-electron chi connectivity index (χ0n) is 12.8. The maximum Gasteiger partial charge on any atom is 0.222 e. The van der Waals surface area contributed by atoms with Crippen LogP contribution in [0.4, 0.5) is 11.8 Å². The maximum absolute atomic E-state index is 5.97. The van der Waals surface area contributed by atoms with Crippen LogP contribution in [0.1, 0.15) is 46.5 Å². The van der Waals surface area contributed by atoms with Crippen LogP contribution in [0.2, 0.25) is 5.02 Å². The van der Waals surface area contributed by atoms with Crippen LogP contribution in [0.3, 0.4) is 0 Å². The van der Waals surface area contributed by atoms with Crippen molar-refractivity contribution in [1.82, 2.24) is 15.0 Å². The van der Waals surface area contributed by atoms with E-state index in [1.807, 2.05) is 0 Å². The summed E-state index contributed by atoms with van der Waals surface area (Å²) in [5.74, 6) is 0.901. The monoisotopic (exact) mass is 307 g/mol. The predicted octanol–water partition coefficient (Wildman–Crippen LogP) is 4.03. The highest BCUT2D eigenvalue weighted by molar-refractivity contribution is 6.31. The van der Waals surface area contributed by atoms with Gasteiger partial charge in [0.2, 0.25) is 5.95 Å². The minimum Gasteiger partial charge on any atom is -0.368 e. The topological polar surface area (TPSA) is 76.7 Å². The summed E-state index contributed by atoms with van der Waals surface area (Å²) in [7, 11) is 0. The third-order valence-corrected chi connectivity index (χ3v) is 4.01. The highest BCUT2D eigenvalue weighted by Crippen LogP contribution is 2.28. The molecule has 0 aromatic carbocycles. The largest absolute Gasteiger partial charge is 0.368 e. The quantitative estimate of drug-likeness (QED) is 0.842. The molecule has 3 N–H and O–H groups in total. The van der Waals surface area contributed by atoms with Crippen molar-refractivity contribution in [2.75, 3.05) is 11.1 Å². The molecule has 21 heavy (non-hydrogen) atoms. The van der Waals surface area contributed by atoms with Crippen LogP contribution in [0.25, 0.3) is 11.0 Å². The van der Waals surface area contributed by atoms with Crippen molar-refractivity contribution in [2.45, 2.75) is 52.0 Å². The highest BCUT2D eigenvalue weighted by atomic mass is 35.5. The van der Waals surface area contributed by atoms with E-state index in [1.165, 1.54) is 0 Å². The fourth-order valence-electron chi connectivity index (χ4n) is 2.28. The van der Waals surface area contributed by atoms with Crippen molar-refractivity contribution in [3.05, 3.63) is 17.3 Å². The van der Waals surface area contributed by atoms with Gasteiger partial charge in [0, 0.05) is 11.7 Å². The lowest BCUT2D eigenvalue weighted by Gasteiger charge is -2.30. The van der Waals surface area contributed by atoms with E-state index >= 15 is 0 Å². The van der Waals surface area contributed by atoms with Gasteiger partial charge in [-0.1, -0.05) is 38.3 Å². The highest BCUT2D eigenvalue weighted by Gasteiger charge is 2.23. The summed E-state index contributed by atoms with van der Waals surface area (Å²) in [6.45, 7) is 6.56. The van der Waals surface area contributed by atoms with Crippen molar-refractivity contribution in [3.63, 3.8) is 0 Å². The molecule has 0 aliphatic carbocycles. The van der Waals surface area contributed by atoms with Gasteiger partial charge in [-0.05, 0) is 25.8 Å². The first-order chi connectivity index (χ1) is 9.97. The molecule has 0 fully saturated rings. The van der Waals surface area contributed by atoms with Gasteiger partial charge in [-0.2, -0.15) is 4.98 Å². The minimum atomic E-state index is -0.0367. The third kappa shape index (κ3) is 3.73. The molecule has 0 aliphatic heterocycles. The number of unbranched alkanes of at least 4 members (excludes halogenated alkanes) is 1. The van der Waals surface area contributed by atoms with Crippen LogP contribution in [-0.2, 0) is 0 Å². The fourth-order valence-corrected chi connectivity index (χ4v) is 2.43. The molecule has 0 saturated heterocycles. The van der Waals surface area contributed by atoms with Gasteiger partial charge in [-0.3, -0.25) is 0 Å². The van der Waals surface area contributed by atoms with Gasteiger partial charge in [-0.15, -0.1) is 0 Å². The zero-order valence-corrected chi connectivity index (χ0v) is 13.5. The van der Waals surface area contributed by atoms with Crippen LogP contribution < -0.4 is 11.1 Å². The number of fused-ring (bicyclic) bond motifs is 1. The van der Waals surface area contributed by atoms with Crippen molar-refractivity contribution < 1.29 is 0 Å². The number of anilines is 2. The van der Waals surface area contributed by atoms with Gasteiger partial charge in [0.25, 0.3) is 0 Å². The van der Waals surface area contributed by atoms with Crippen molar-refractivity contribution in [2.24, 2.45) is 0 Å². The summed E-state index contributed by atoms with van der Waals surface area (Å²) in [5, 5.41) is 4.04. The summed E-state index contributed by atoms with van der Waals surface area (Å²) in [6.07, 6.45) is 5.99. The Kier molecular flexibility index (Phi) is 4.83. The maximum atomic E-state index is 5.97. The van der Waals surface area contributed by atoms with E-state index in [9.17, 15) is 0 Å². The lowest BCUT2D eigenvalue weighted by Crippen LogP contribution is -2.34. The van der Waals surface area contributed by atoms with Crippen molar-refractivity contribution in [1.29, 1.82) is 0 Å². The van der Waals surface area contributed by atoms with E-state index in [-0.39, 0.29) is 11.5 Å². The summed E-state index contributed by atoms with van der Waals surface area (Å²) >= 11 is 5.97. The molecule has 2 aromatic heterocycles. The molecular weight excluding hydrogens is 286 g/mol. The van der Waals surface area contributed by atoms with Gasteiger partial charge in [-0.25, -0.2) is 9.97 Å². The Bertz CT molecular complexity index is 625.